The van der Waals surface area contributed by atoms with Crippen LogP contribution in [0.5, 0.6) is 0 Å². The van der Waals surface area contributed by atoms with Gasteiger partial charge >= 0.3 is 0 Å². The first kappa shape index (κ1) is 58.7. The summed E-state index contributed by atoms with van der Waals surface area (Å²) < 4.78 is 0. The highest BCUT2D eigenvalue weighted by Gasteiger charge is 2.32. The molecule has 1 aromatic rings. The van der Waals surface area contributed by atoms with Gasteiger partial charge in [0.25, 0.3) is 0 Å². The van der Waals surface area contributed by atoms with Crippen LogP contribution in [0.4, 0.5) is 5.69 Å². The molecule has 4 unspecified atom stereocenters. The van der Waals surface area contributed by atoms with Crippen LogP contribution in [0.15, 0.2) is 24.3 Å². The number of piperidine rings is 2. The zero-order valence-electron chi connectivity index (χ0n) is 37.0. The average Bonchev–Trinajstić information content (AvgIpc) is 3.83. The van der Waals surface area contributed by atoms with Gasteiger partial charge in [-0.3, -0.25) is 4.79 Å². The number of amides is 1. The predicted molar refractivity (Wildman–Crippen MR) is 255 cm³/mol. The SMILES string of the molecule is C.C.C.C.CC(C)(C)C1CCC(=O)N1.CC(C)(C)C1CCCCN1.CC(C)(C)C1CCCN1.CC(C)(C)C1CCNCC1.CC(C)(C)C1Cc2ccccc2N1. The van der Waals surface area contributed by atoms with Gasteiger partial charge in [-0.05, 0) is 122 Å². The number of para-hydroxylation sites is 1. The molecule has 0 bridgehead atoms. The van der Waals surface area contributed by atoms with Crippen molar-refractivity contribution in [3.63, 3.8) is 0 Å². The van der Waals surface area contributed by atoms with Crippen molar-refractivity contribution < 1.29 is 4.79 Å². The first-order valence-electron chi connectivity index (χ1n) is 21.2. The summed E-state index contributed by atoms with van der Waals surface area (Å²) in [5.41, 5.74) is 4.81. The number of carbonyl (C=O) groups excluding carboxylic acids is 1. The first-order chi connectivity index (χ1) is 23.9. The topological polar surface area (TPSA) is 77.2 Å². The van der Waals surface area contributed by atoms with Crippen molar-refractivity contribution >= 4 is 11.6 Å². The summed E-state index contributed by atoms with van der Waals surface area (Å²) in [5, 5.41) is 17.0. The van der Waals surface area contributed by atoms with Gasteiger partial charge in [-0.15, -0.1) is 0 Å². The number of benzene rings is 1. The predicted octanol–water partition coefficient (Wildman–Crippen LogP) is 12.9. The Morgan fingerprint density at radius 1 is 0.482 bits per heavy atom. The van der Waals surface area contributed by atoms with E-state index in [1.807, 2.05) is 0 Å². The molecule has 5 aliphatic rings. The van der Waals surface area contributed by atoms with E-state index in [0.29, 0.717) is 40.2 Å². The third-order valence-electron chi connectivity index (χ3n) is 11.9. The van der Waals surface area contributed by atoms with Gasteiger partial charge in [0.2, 0.25) is 5.91 Å². The van der Waals surface area contributed by atoms with Crippen molar-refractivity contribution in [2.24, 2.45) is 33.0 Å². The van der Waals surface area contributed by atoms with Crippen molar-refractivity contribution in [1.29, 1.82) is 0 Å². The number of hydrogen-bond donors (Lipinski definition) is 5. The Balaban J connectivity index is -0.000000620. The Kier molecular flexibility index (Phi) is 27.0. The fraction of sp³-hybridized carbons (Fsp3) is 0.860. The minimum atomic E-state index is 0. The molecule has 0 spiro atoms. The molecule has 0 aromatic heterocycles. The summed E-state index contributed by atoms with van der Waals surface area (Å²) in [4.78, 5) is 10.8. The van der Waals surface area contributed by atoms with Crippen LogP contribution < -0.4 is 26.6 Å². The number of carbonyl (C=O) groups is 1. The fourth-order valence-electron chi connectivity index (χ4n) is 7.79. The van der Waals surface area contributed by atoms with E-state index in [0.717, 1.165) is 24.4 Å². The lowest BCUT2D eigenvalue weighted by Crippen LogP contribution is -2.43. The Hall–Kier alpha value is -1.63. The molecule has 6 nitrogen and oxygen atoms in total. The standard InChI is InChI=1S/C12H17N.2C9H19N.C8H15NO.C8H17N.4CH4/c1-12(2,3)11-8-9-6-4-5-7-10(9)13-11;1-9(2,3)8-4-6-10-7-5-8;1-9(2,3)8-6-4-5-7-10-8;1-8(2,3)6-4-5-7(10)9-6;1-8(2,3)7-5-4-6-9-7;;;;/h4-7,11,13H,8H2,1-3H3;2*8,10H,4-7H2,1-3H3;6H,4-5H2,1-3H3,(H,9,10);7,9H,4-6H2,1-3H3;4*1H4. The van der Waals surface area contributed by atoms with E-state index in [1.54, 1.807) is 0 Å². The molecule has 4 fully saturated rings. The molecule has 5 aliphatic heterocycles. The van der Waals surface area contributed by atoms with Crippen LogP contribution in [-0.4, -0.2) is 56.3 Å². The van der Waals surface area contributed by atoms with Gasteiger partial charge in [-0.25, -0.2) is 0 Å². The molecule has 5 heterocycles. The fourth-order valence-corrected chi connectivity index (χ4v) is 7.79. The van der Waals surface area contributed by atoms with Crippen molar-refractivity contribution in [2.75, 3.05) is 31.5 Å². The quantitative estimate of drug-likeness (QED) is 0.181. The van der Waals surface area contributed by atoms with Crippen molar-refractivity contribution in [3.8, 4) is 0 Å². The highest BCUT2D eigenvalue weighted by molar-refractivity contribution is 5.78. The summed E-state index contributed by atoms with van der Waals surface area (Å²) in [6.07, 6.45) is 12.5. The summed E-state index contributed by atoms with van der Waals surface area (Å²) in [6.45, 7) is 39.1. The van der Waals surface area contributed by atoms with E-state index in [1.165, 1.54) is 88.8 Å². The first-order valence-corrected chi connectivity index (χ1v) is 21.2. The lowest BCUT2D eigenvalue weighted by atomic mass is 9.76. The molecule has 6 rings (SSSR count). The third-order valence-corrected chi connectivity index (χ3v) is 11.9. The zero-order chi connectivity index (χ0) is 39.4. The summed E-state index contributed by atoms with van der Waals surface area (Å²) in [6, 6.07) is 11.1. The van der Waals surface area contributed by atoms with E-state index >= 15 is 0 Å². The van der Waals surface area contributed by atoms with E-state index in [9.17, 15) is 4.79 Å². The molecule has 4 saturated heterocycles. The molecule has 1 amide bonds. The van der Waals surface area contributed by atoms with Crippen molar-refractivity contribution in [2.45, 2.75) is 222 Å². The number of rotatable bonds is 0. The molecule has 4 atom stereocenters. The Morgan fingerprint density at radius 3 is 1.27 bits per heavy atom. The zero-order valence-corrected chi connectivity index (χ0v) is 37.0. The Morgan fingerprint density at radius 2 is 0.946 bits per heavy atom. The van der Waals surface area contributed by atoms with Crippen LogP contribution in [0.1, 0.15) is 197 Å². The number of anilines is 1. The van der Waals surface area contributed by atoms with Gasteiger partial charge in [0.05, 0.1) is 0 Å². The molecule has 6 heteroatoms. The number of hydrogen-bond acceptors (Lipinski definition) is 5. The summed E-state index contributed by atoms with van der Waals surface area (Å²) in [5.74, 6) is 1.15. The van der Waals surface area contributed by atoms with E-state index in [4.69, 9.17) is 0 Å². The second-order valence-electron chi connectivity index (χ2n) is 21.7. The van der Waals surface area contributed by atoms with E-state index in [2.05, 4.69) is 155 Å². The molecule has 334 valence electrons. The lowest BCUT2D eigenvalue weighted by molar-refractivity contribution is -0.119. The van der Waals surface area contributed by atoms with Crippen LogP contribution in [-0.2, 0) is 11.2 Å². The molecule has 0 saturated carbocycles. The third kappa shape index (κ3) is 21.9. The minimum Gasteiger partial charge on any atom is -0.381 e. The Bertz CT molecular complexity index is 1090. The van der Waals surface area contributed by atoms with Gasteiger partial charge in [0, 0.05) is 36.3 Å². The highest BCUT2D eigenvalue weighted by atomic mass is 16.1. The summed E-state index contributed by atoms with van der Waals surface area (Å²) in [7, 11) is 0. The molecular formula is C50H103N5O. The average molecular weight is 790 g/mol. The smallest absolute Gasteiger partial charge is 0.220 e. The summed E-state index contributed by atoms with van der Waals surface area (Å²) >= 11 is 0. The maximum Gasteiger partial charge on any atom is 0.220 e. The van der Waals surface area contributed by atoms with E-state index in [-0.39, 0.29) is 41.0 Å². The maximum atomic E-state index is 10.8. The highest BCUT2D eigenvalue weighted by Crippen LogP contribution is 2.34. The second-order valence-corrected chi connectivity index (χ2v) is 21.7. The molecule has 5 N–H and O–H groups in total. The van der Waals surface area contributed by atoms with Crippen LogP contribution in [0.25, 0.3) is 0 Å². The second kappa shape index (κ2) is 25.8. The van der Waals surface area contributed by atoms with E-state index < -0.39 is 0 Å². The van der Waals surface area contributed by atoms with Gasteiger partial charge < -0.3 is 26.6 Å². The van der Waals surface area contributed by atoms with Crippen LogP contribution in [0.3, 0.4) is 0 Å². The molecule has 1 aromatic carbocycles. The number of nitrogens with one attached hydrogen (secondary N) is 5. The van der Waals surface area contributed by atoms with Crippen molar-refractivity contribution in [3.05, 3.63) is 29.8 Å². The Labute approximate surface area is 352 Å². The molecule has 56 heavy (non-hydrogen) atoms. The molecular weight excluding hydrogens is 687 g/mol. The molecule has 0 aliphatic carbocycles. The number of fused-ring (bicyclic) bond motifs is 1. The van der Waals surface area contributed by atoms with Crippen molar-refractivity contribution in [1.82, 2.24) is 21.3 Å². The van der Waals surface area contributed by atoms with Crippen LogP contribution >= 0.6 is 0 Å². The van der Waals surface area contributed by atoms with Crippen LogP contribution in [0.2, 0.25) is 0 Å². The normalized spacial score (nSPS) is 23.5. The minimum absolute atomic E-state index is 0. The molecule has 0 radical (unpaired) electrons. The van der Waals surface area contributed by atoms with Crippen LogP contribution in [0, 0.1) is 33.0 Å². The van der Waals surface area contributed by atoms with Gasteiger partial charge in [0.15, 0.2) is 0 Å². The monoisotopic (exact) mass is 790 g/mol. The van der Waals surface area contributed by atoms with Gasteiger partial charge in [-0.1, -0.05) is 158 Å². The lowest BCUT2D eigenvalue weighted by Gasteiger charge is -2.34. The van der Waals surface area contributed by atoms with Gasteiger partial charge in [-0.2, -0.15) is 0 Å². The largest absolute Gasteiger partial charge is 0.381 e. The maximum absolute atomic E-state index is 10.8. The van der Waals surface area contributed by atoms with Gasteiger partial charge in [0.1, 0.15) is 0 Å².